The summed E-state index contributed by atoms with van der Waals surface area (Å²) in [7, 11) is 1.64. The first kappa shape index (κ1) is 16.1. The van der Waals surface area contributed by atoms with E-state index in [4.69, 9.17) is 9.15 Å². The molecular formula is C19H21N3O2. The van der Waals surface area contributed by atoms with Crippen LogP contribution in [0.15, 0.2) is 28.7 Å². The van der Waals surface area contributed by atoms with Crippen LogP contribution in [0.3, 0.4) is 0 Å². The summed E-state index contributed by atoms with van der Waals surface area (Å²) >= 11 is 0. The average Bonchev–Trinajstić information content (AvgIpc) is 2.85. The lowest BCUT2D eigenvalue weighted by Gasteiger charge is -2.18. The van der Waals surface area contributed by atoms with Gasteiger partial charge in [0.15, 0.2) is 0 Å². The molecule has 0 aliphatic carbocycles. The molecule has 0 saturated carbocycles. The first-order valence-corrected chi connectivity index (χ1v) is 8.28. The Morgan fingerprint density at radius 3 is 2.71 bits per heavy atom. The van der Waals surface area contributed by atoms with Crippen molar-refractivity contribution < 1.29 is 9.15 Å². The van der Waals surface area contributed by atoms with Crippen molar-refractivity contribution in [3.05, 3.63) is 41.4 Å². The Morgan fingerprint density at radius 1 is 1.21 bits per heavy atom. The Kier molecular flexibility index (Phi) is 5.17. The largest absolute Gasteiger partial charge is 0.497 e. The molecule has 1 aliphatic rings. The van der Waals surface area contributed by atoms with Gasteiger partial charge in [0.2, 0.25) is 17.5 Å². The van der Waals surface area contributed by atoms with Crippen LogP contribution < -0.4 is 9.64 Å². The fourth-order valence-electron chi connectivity index (χ4n) is 2.87. The summed E-state index contributed by atoms with van der Waals surface area (Å²) in [5, 5.41) is 9.35. The second kappa shape index (κ2) is 7.69. The van der Waals surface area contributed by atoms with Gasteiger partial charge in [-0.2, -0.15) is 10.2 Å². The Hall–Kier alpha value is -2.74. The van der Waals surface area contributed by atoms with Gasteiger partial charge in [0, 0.05) is 19.2 Å². The number of nitriles is 1. The zero-order valence-electron chi connectivity index (χ0n) is 13.9. The minimum Gasteiger partial charge on any atom is -0.497 e. The highest BCUT2D eigenvalue weighted by atomic mass is 16.5. The third-order valence-electron chi connectivity index (χ3n) is 4.14. The van der Waals surface area contributed by atoms with Crippen LogP contribution >= 0.6 is 0 Å². The molecule has 0 spiro atoms. The number of anilines is 1. The molecule has 0 atom stereocenters. The topological polar surface area (TPSA) is 62.3 Å². The SMILES string of the molecule is COc1cccc(/C=C/c2nc(C#N)c(N3CCCCCC3)o2)c1. The number of hydrogen-bond donors (Lipinski definition) is 0. The van der Waals surface area contributed by atoms with Gasteiger partial charge in [-0.05, 0) is 36.6 Å². The maximum atomic E-state index is 9.35. The molecule has 24 heavy (non-hydrogen) atoms. The van der Waals surface area contributed by atoms with Crippen LogP contribution in [0.5, 0.6) is 5.75 Å². The molecule has 1 saturated heterocycles. The number of oxazole rings is 1. The van der Waals surface area contributed by atoms with Crippen molar-refractivity contribution in [1.82, 2.24) is 4.98 Å². The van der Waals surface area contributed by atoms with Crippen molar-refractivity contribution in [3.8, 4) is 11.8 Å². The fraction of sp³-hybridized carbons (Fsp3) is 0.368. The number of rotatable bonds is 4. The summed E-state index contributed by atoms with van der Waals surface area (Å²) < 4.78 is 11.1. The summed E-state index contributed by atoms with van der Waals surface area (Å²) in [6.07, 6.45) is 8.41. The van der Waals surface area contributed by atoms with E-state index in [0.29, 0.717) is 17.5 Å². The molecule has 0 bridgehead atoms. The molecule has 1 aromatic heterocycles. The minimum absolute atomic E-state index is 0.363. The molecule has 1 aromatic carbocycles. The van der Waals surface area contributed by atoms with E-state index < -0.39 is 0 Å². The van der Waals surface area contributed by atoms with Crippen molar-refractivity contribution in [2.24, 2.45) is 0 Å². The smallest absolute Gasteiger partial charge is 0.235 e. The van der Waals surface area contributed by atoms with Crippen molar-refractivity contribution in [1.29, 1.82) is 5.26 Å². The molecule has 124 valence electrons. The molecule has 3 rings (SSSR count). The molecule has 1 fully saturated rings. The average molecular weight is 323 g/mol. The lowest BCUT2D eigenvalue weighted by molar-refractivity contribution is 0.414. The van der Waals surface area contributed by atoms with Crippen LogP contribution in [0.25, 0.3) is 12.2 Å². The molecule has 1 aliphatic heterocycles. The Balaban J connectivity index is 1.81. The fourth-order valence-corrected chi connectivity index (χ4v) is 2.87. The quantitative estimate of drug-likeness (QED) is 0.847. The number of ether oxygens (including phenoxy) is 1. The number of aromatic nitrogens is 1. The highest BCUT2D eigenvalue weighted by Crippen LogP contribution is 2.25. The maximum absolute atomic E-state index is 9.35. The number of benzene rings is 1. The van der Waals surface area contributed by atoms with Crippen LogP contribution in [-0.4, -0.2) is 25.2 Å². The van der Waals surface area contributed by atoms with E-state index in [0.717, 1.165) is 37.2 Å². The Bertz CT molecular complexity index is 750. The second-order valence-electron chi connectivity index (χ2n) is 5.83. The normalized spacial score (nSPS) is 15.2. The lowest BCUT2D eigenvalue weighted by Crippen LogP contribution is -2.24. The summed E-state index contributed by atoms with van der Waals surface area (Å²) in [6, 6.07) is 9.88. The first-order chi connectivity index (χ1) is 11.8. The monoisotopic (exact) mass is 323 g/mol. The van der Waals surface area contributed by atoms with Gasteiger partial charge in [0.05, 0.1) is 7.11 Å². The van der Waals surface area contributed by atoms with Gasteiger partial charge in [0.25, 0.3) is 0 Å². The molecule has 5 nitrogen and oxygen atoms in total. The Morgan fingerprint density at radius 2 is 2.00 bits per heavy atom. The zero-order valence-corrected chi connectivity index (χ0v) is 13.9. The van der Waals surface area contributed by atoms with Crippen molar-refractivity contribution in [3.63, 3.8) is 0 Å². The van der Waals surface area contributed by atoms with Gasteiger partial charge >= 0.3 is 0 Å². The van der Waals surface area contributed by atoms with Gasteiger partial charge in [-0.1, -0.05) is 25.0 Å². The molecule has 5 heteroatoms. The summed E-state index contributed by atoms with van der Waals surface area (Å²) in [4.78, 5) is 6.44. The van der Waals surface area contributed by atoms with Gasteiger partial charge in [0.1, 0.15) is 11.8 Å². The third kappa shape index (κ3) is 3.77. The maximum Gasteiger partial charge on any atom is 0.235 e. The van der Waals surface area contributed by atoms with Crippen molar-refractivity contribution in [2.75, 3.05) is 25.1 Å². The van der Waals surface area contributed by atoms with Gasteiger partial charge < -0.3 is 14.1 Å². The third-order valence-corrected chi connectivity index (χ3v) is 4.14. The van der Waals surface area contributed by atoms with Crippen molar-refractivity contribution in [2.45, 2.75) is 25.7 Å². The van der Waals surface area contributed by atoms with Crippen LogP contribution in [-0.2, 0) is 0 Å². The predicted molar refractivity (Wildman–Crippen MR) is 93.8 cm³/mol. The number of hydrogen-bond acceptors (Lipinski definition) is 5. The molecule has 0 N–H and O–H groups in total. The van der Waals surface area contributed by atoms with Crippen LogP contribution in [0, 0.1) is 11.3 Å². The summed E-state index contributed by atoms with van der Waals surface area (Å²) in [5.74, 6) is 1.85. The predicted octanol–water partition coefficient (Wildman–Crippen LogP) is 4.11. The first-order valence-electron chi connectivity index (χ1n) is 8.28. The van der Waals surface area contributed by atoms with E-state index in [1.54, 1.807) is 13.2 Å². The van der Waals surface area contributed by atoms with E-state index in [-0.39, 0.29) is 0 Å². The van der Waals surface area contributed by atoms with Gasteiger partial charge in [-0.15, -0.1) is 0 Å². The van der Waals surface area contributed by atoms with Crippen LogP contribution in [0.1, 0.15) is 42.8 Å². The Labute approximate surface area is 142 Å². The van der Waals surface area contributed by atoms with E-state index in [1.807, 2.05) is 30.3 Å². The molecule has 2 aromatic rings. The van der Waals surface area contributed by atoms with Gasteiger partial charge in [-0.3, -0.25) is 0 Å². The number of nitrogens with zero attached hydrogens (tertiary/aromatic N) is 3. The molecule has 0 radical (unpaired) electrons. The second-order valence-corrected chi connectivity index (χ2v) is 5.83. The highest BCUT2D eigenvalue weighted by Gasteiger charge is 2.19. The van der Waals surface area contributed by atoms with E-state index in [1.165, 1.54) is 12.8 Å². The van der Waals surface area contributed by atoms with Crippen molar-refractivity contribution >= 4 is 18.0 Å². The molecule has 2 heterocycles. The van der Waals surface area contributed by atoms with Crippen LogP contribution in [0.2, 0.25) is 0 Å². The number of methoxy groups -OCH3 is 1. The van der Waals surface area contributed by atoms with E-state index >= 15 is 0 Å². The minimum atomic E-state index is 0.363. The van der Waals surface area contributed by atoms with E-state index in [2.05, 4.69) is 16.0 Å². The summed E-state index contributed by atoms with van der Waals surface area (Å²) in [6.45, 7) is 1.84. The zero-order chi connectivity index (χ0) is 16.8. The van der Waals surface area contributed by atoms with Gasteiger partial charge in [-0.25, -0.2) is 0 Å². The molecule has 0 amide bonds. The highest BCUT2D eigenvalue weighted by molar-refractivity contribution is 5.68. The lowest BCUT2D eigenvalue weighted by atomic mass is 10.2. The molecular weight excluding hydrogens is 302 g/mol. The van der Waals surface area contributed by atoms with E-state index in [9.17, 15) is 5.26 Å². The molecule has 0 unspecified atom stereocenters. The summed E-state index contributed by atoms with van der Waals surface area (Å²) in [5.41, 5.74) is 1.35. The standard InChI is InChI=1S/C19H21N3O2/c1-23-16-8-6-7-15(13-16)9-10-18-21-17(14-20)19(24-18)22-11-4-2-3-5-12-22/h6-10,13H,2-5,11-12H2,1H3/b10-9+. The van der Waals surface area contributed by atoms with Crippen LogP contribution in [0.4, 0.5) is 5.88 Å².